The first-order chi connectivity index (χ1) is 9.89. The van der Waals surface area contributed by atoms with E-state index in [2.05, 4.69) is 5.32 Å². The Morgan fingerprint density at radius 3 is 2.00 bits per heavy atom. The summed E-state index contributed by atoms with van der Waals surface area (Å²) in [6.07, 6.45) is -4.36. The normalized spacial score (nSPS) is 13.2. The molecular formula is C17H18F3N. The second kappa shape index (κ2) is 6.20. The van der Waals surface area contributed by atoms with Crippen LogP contribution in [0.4, 0.5) is 18.9 Å². The van der Waals surface area contributed by atoms with Crippen molar-refractivity contribution < 1.29 is 13.2 Å². The topological polar surface area (TPSA) is 12.0 Å². The summed E-state index contributed by atoms with van der Waals surface area (Å²) in [5.41, 5.74) is 0.462. The van der Waals surface area contributed by atoms with Crippen molar-refractivity contribution in [3.63, 3.8) is 0 Å². The fourth-order valence-electron chi connectivity index (χ4n) is 2.32. The van der Waals surface area contributed by atoms with E-state index in [9.17, 15) is 13.2 Å². The third-order valence-corrected chi connectivity index (χ3v) is 3.37. The lowest BCUT2D eigenvalue weighted by atomic mass is 9.95. The van der Waals surface area contributed by atoms with Crippen molar-refractivity contribution in [3.8, 4) is 0 Å². The first-order valence-electron chi connectivity index (χ1n) is 6.87. The maximum absolute atomic E-state index is 13.1. The molecule has 0 aliphatic carbocycles. The van der Waals surface area contributed by atoms with Crippen LogP contribution in [0.1, 0.15) is 31.0 Å². The van der Waals surface area contributed by atoms with E-state index >= 15 is 0 Å². The van der Waals surface area contributed by atoms with E-state index in [0.717, 1.165) is 11.6 Å². The molecule has 2 aromatic rings. The Hall–Kier alpha value is -1.97. The fraction of sp³-hybridized carbons (Fsp3) is 0.294. The van der Waals surface area contributed by atoms with Crippen LogP contribution in [0.2, 0.25) is 0 Å². The van der Waals surface area contributed by atoms with Crippen LogP contribution in [-0.4, -0.2) is 0 Å². The minimum atomic E-state index is -4.36. The summed E-state index contributed by atoms with van der Waals surface area (Å²) in [7, 11) is 0. The van der Waals surface area contributed by atoms with E-state index in [0.29, 0.717) is 0 Å². The molecule has 2 aromatic carbocycles. The molecule has 0 bridgehead atoms. The molecule has 1 atom stereocenters. The predicted octanol–water partition coefficient (Wildman–Crippen LogP) is 5.51. The monoisotopic (exact) mass is 293 g/mol. The molecule has 0 aliphatic heterocycles. The van der Waals surface area contributed by atoms with Gasteiger partial charge in [0.1, 0.15) is 0 Å². The molecular weight excluding hydrogens is 275 g/mol. The minimum Gasteiger partial charge on any atom is -0.377 e. The van der Waals surface area contributed by atoms with Crippen molar-refractivity contribution in [1.29, 1.82) is 0 Å². The quantitative estimate of drug-likeness (QED) is 0.783. The molecule has 0 saturated heterocycles. The van der Waals surface area contributed by atoms with E-state index in [4.69, 9.17) is 0 Å². The average Bonchev–Trinajstić information content (AvgIpc) is 2.44. The molecule has 2 rings (SSSR count). The number of halogens is 3. The summed E-state index contributed by atoms with van der Waals surface area (Å²) in [6, 6.07) is 14.9. The Morgan fingerprint density at radius 1 is 0.857 bits per heavy atom. The smallest absolute Gasteiger partial charge is 0.377 e. The second-order valence-electron chi connectivity index (χ2n) is 5.32. The van der Waals surface area contributed by atoms with Crippen LogP contribution in [0.3, 0.4) is 0 Å². The van der Waals surface area contributed by atoms with E-state index in [1.165, 1.54) is 12.1 Å². The van der Waals surface area contributed by atoms with Gasteiger partial charge in [0.15, 0.2) is 0 Å². The van der Waals surface area contributed by atoms with Crippen LogP contribution < -0.4 is 5.32 Å². The maximum atomic E-state index is 13.1. The van der Waals surface area contributed by atoms with Gasteiger partial charge in [-0.05, 0) is 23.6 Å². The van der Waals surface area contributed by atoms with Crippen LogP contribution >= 0.6 is 0 Å². The molecule has 21 heavy (non-hydrogen) atoms. The van der Waals surface area contributed by atoms with Crippen LogP contribution in [0.5, 0.6) is 0 Å². The van der Waals surface area contributed by atoms with Crippen molar-refractivity contribution in [2.75, 3.05) is 5.32 Å². The molecule has 0 radical (unpaired) electrons. The van der Waals surface area contributed by atoms with Gasteiger partial charge in [0, 0.05) is 5.69 Å². The molecule has 112 valence electrons. The molecule has 0 aromatic heterocycles. The van der Waals surface area contributed by atoms with Gasteiger partial charge in [-0.2, -0.15) is 13.2 Å². The molecule has 0 amide bonds. The van der Waals surface area contributed by atoms with Gasteiger partial charge in [0.2, 0.25) is 0 Å². The molecule has 0 spiro atoms. The van der Waals surface area contributed by atoms with Gasteiger partial charge in [-0.1, -0.05) is 56.3 Å². The maximum Gasteiger partial charge on any atom is 0.418 e. The number of rotatable bonds is 4. The Labute approximate surface area is 122 Å². The molecule has 4 heteroatoms. The lowest BCUT2D eigenvalue weighted by Crippen LogP contribution is -2.19. The van der Waals surface area contributed by atoms with Crippen LogP contribution in [0.15, 0.2) is 54.6 Å². The van der Waals surface area contributed by atoms with Gasteiger partial charge < -0.3 is 5.32 Å². The lowest BCUT2D eigenvalue weighted by Gasteiger charge is -2.26. The highest BCUT2D eigenvalue weighted by Crippen LogP contribution is 2.37. The third-order valence-electron chi connectivity index (χ3n) is 3.37. The fourth-order valence-corrected chi connectivity index (χ4v) is 2.32. The number of hydrogen-bond donors (Lipinski definition) is 1. The summed E-state index contributed by atoms with van der Waals surface area (Å²) in [5, 5.41) is 3.05. The highest BCUT2D eigenvalue weighted by Gasteiger charge is 2.33. The van der Waals surface area contributed by atoms with Gasteiger partial charge >= 0.3 is 6.18 Å². The van der Waals surface area contributed by atoms with Gasteiger partial charge in [0.25, 0.3) is 0 Å². The summed E-state index contributed by atoms with van der Waals surface area (Å²) in [4.78, 5) is 0. The average molecular weight is 293 g/mol. The van der Waals surface area contributed by atoms with Gasteiger partial charge in [-0.25, -0.2) is 0 Å². The Morgan fingerprint density at radius 2 is 1.43 bits per heavy atom. The highest BCUT2D eigenvalue weighted by atomic mass is 19.4. The molecule has 1 nitrogen and oxygen atoms in total. The van der Waals surface area contributed by atoms with E-state index < -0.39 is 11.7 Å². The van der Waals surface area contributed by atoms with Crippen molar-refractivity contribution in [3.05, 3.63) is 65.7 Å². The number of hydrogen-bond acceptors (Lipinski definition) is 1. The summed E-state index contributed by atoms with van der Waals surface area (Å²) in [5.74, 6) is 0.161. The van der Waals surface area contributed by atoms with E-state index in [1.54, 1.807) is 6.07 Å². The molecule has 1 N–H and O–H groups in total. The van der Waals surface area contributed by atoms with Crippen molar-refractivity contribution in [2.24, 2.45) is 5.92 Å². The largest absolute Gasteiger partial charge is 0.418 e. The summed E-state index contributed by atoms with van der Waals surface area (Å²) in [6.45, 7) is 3.97. The van der Waals surface area contributed by atoms with Crippen LogP contribution in [0.25, 0.3) is 0 Å². The van der Waals surface area contributed by atoms with Gasteiger partial charge in [-0.15, -0.1) is 0 Å². The molecule has 0 fully saturated rings. The van der Waals surface area contributed by atoms with Crippen molar-refractivity contribution in [1.82, 2.24) is 0 Å². The van der Waals surface area contributed by atoms with Crippen molar-refractivity contribution >= 4 is 5.69 Å². The standard InChI is InChI=1S/C17H18F3N/c1-12(2)16(13-8-4-3-5-9-13)21-15-11-7-6-10-14(15)17(18,19)20/h3-12,16,21H,1-2H3. The number of nitrogens with one attached hydrogen (secondary N) is 1. The molecule has 0 heterocycles. The zero-order valence-electron chi connectivity index (χ0n) is 12.0. The van der Waals surface area contributed by atoms with E-state index in [-0.39, 0.29) is 17.6 Å². The SMILES string of the molecule is CC(C)C(Nc1ccccc1C(F)(F)F)c1ccccc1. The highest BCUT2D eigenvalue weighted by molar-refractivity contribution is 5.54. The van der Waals surface area contributed by atoms with Gasteiger partial charge in [0.05, 0.1) is 11.6 Å². The zero-order valence-corrected chi connectivity index (χ0v) is 12.0. The van der Waals surface area contributed by atoms with E-state index in [1.807, 2.05) is 44.2 Å². The zero-order chi connectivity index (χ0) is 15.5. The first kappa shape index (κ1) is 15.4. The van der Waals surface area contributed by atoms with Crippen molar-refractivity contribution in [2.45, 2.75) is 26.1 Å². The Kier molecular flexibility index (Phi) is 4.56. The predicted molar refractivity (Wildman–Crippen MR) is 79.1 cm³/mol. The van der Waals surface area contributed by atoms with Crippen LogP contribution in [0, 0.1) is 5.92 Å². The minimum absolute atomic E-state index is 0.118. The van der Waals surface area contributed by atoms with Gasteiger partial charge in [-0.3, -0.25) is 0 Å². The molecule has 0 aliphatic rings. The number of alkyl halides is 3. The summed E-state index contributed by atoms with van der Waals surface area (Å²) < 4.78 is 39.2. The molecule has 1 unspecified atom stereocenters. The Balaban J connectivity index is 2.35. The first-order valence-corrected chi connectivity index (χ1v) is 6.87. The Bertz CT molecular complexity index is 576. The third kappa shape index (κ3) is 3.78. The molecule has 0 saturated carbocycles. The summed E-state index contributed by atoms with van der Waals surface area (Å²) >= 11 is 0. The number of anilines is 1. The second-order valence-corrected chi connectivity index (χ2v) is 5.32. The number of benzene rings is 2. The number of para-hydroxylation sites is 1. The van der Waals surface area contributed by atoms with Crippen LogP contribution in [-0.2, 0) is 6.18 Å². The lowest BCUT2D eigenvalue weighted by molar-refractivity contribution is -0.137.